The first kappa shape index (κ1) is 15.0. The molecule has 0 aromatic heterocycles. The third kappa shape index (κ3) is 6.22. The highest BCUT2D eigenvalue weighted by Gasteiger charge is 2.27. The molecule has 0 radical (unpaired) electrons. The van der Waals surface area contributed by atoms with Crippen LogP contribution >= 0.6 is 0 Å². The standard InChI is InChI=1S/C15H32/c1-12(2)8-10-15(7,14(5)6)11-9-13(3)4/h12-14H,8-11H2,1-7H3. The van der Waals surface area contributed by atoms with Gasteiger partial charge in [0.1, 0.15) is 0 Å². The maximum absolute atomic E-state index is 2.49. The van der Waals surface area contributed by atoms with E-state index < -0.39 is 0 Å². The molecule has 0 amide bonds. The minimum Gasteiger partial charge on any atom is -0.0628 e. The van der Waals surface area contributed by atoms with Crippen LogP contribution in [0, 0.1) is 23.2 Å². The quantitative estimate of drug-likeness (QED) is 0.521. The van der Waals surface area contributed by atoms with Gasteiger partial charge in [0.2, 0.25) is 0 Å². The van der Waals surface area contributed by atoms with Crippen LogP contribution in [0.1, 0.15) is 74.1 Å². The maximum Gasteiger partial charge on any atom is -0.0303 e. The van der Waals surface area contributed by atoms with Crippen molar-refractivity contribution in [2.24, 2.45) is 23.2 Å². The molecule has 0 aromatic rings. The topological polar surface area (TPSA) is 0 Å². The highest BCUT2D eigenvalue weighted by atomic mass is 14.3. The molecular weight excluding hydrogens is 180 g/mol. The van der Waals surface area contributed by atoms with Gasteiger partial charge in [-0.15, -0.1) is 0 Å². The van der Waals surface area contributed by atoms with Gasteiger partial charge in [-0.05, 0) is 36.0 Å². The van der Waals surface area contributed by atoms with Crippen LogP contribution in [0.2, 0.25) is 0 Å². The molecule has 0 aliphatic rings. The van der Waals surface area contributed by atoms with Crippen LogP contribution in [0.3, 0.4) is 0 Å². The Morgan fingerprint density at radius 2 is 1.07 bits per heavy atom. The summed E-state index contributed by atoms with van der Waals surface area (Å²) < 4.78 is 0. The van der Waals surface area contributed by atoms with Crippen LogP contribution in [0.5, 0.6) is 0 Å². The fraction of sp³-hybridized carbons (Fsp3) is 1.00. The highest BCUT2D eigenvalue weighted by Crippen LogP contribution is 2.39. The molecule has 0 saturated carbocycles. The summed E-state index contributed by atoms with van der Waals surface area (Å²) >= 11 is 0. The average molecular weight is 212 g/mol. The normalized spacial score (nSPS) is 13.2. The van der Waals surface area contributed by atoms with E-state index in [9.17, 15) is 0 Å². The van der Waals surface area contributed by atoms with Crippen molar-refractivity contribution >= 4 is 0 Å². The molecule has 0 N–H and O–H groups in total. The van der Waals surface area contributed by atoms with Crippen molar-refractivity contribution < 1.29 is 0 Å². The van der Waals surface area contributed by atoms with Crippen molar-refractivity contribution in [3.8, 4) is 0 Å². The van der Waals surface area contributed by atoms with Crippen LogP contribution < -0.4 is 0 Å². The van der Waals surface area contributed by atoms with E-state index in [4.69, 9.17) is 0 Å². The Labute approximate surface area is 97.8 Å². The summed E-state index contributed by atoms with van der Waals surface area (Å²) in [6, 6.07) is 0. The molecule has 92 valence electrons. The summed E-state index contributed by atoms with van der Waals surface area (Å²) in [6.07, 6.45) is 5.56. The molecule has 0 unspecified atom stereocenters. The Hall–Kier alpha value is 0. The zero-order chi connectivity index (χ0) is 12.1. The van der Waals surface area contributed by atoms with Gasteiger partial charge in [-0.3, -0.25) is 0 Å². The number of hydrogen-bond acceptors (Lipinski definition) is 0. The van der Waals surface area contributed by atoms with Gasteiger partial charge >= 0.3 is 0 Å². The van der Waals surface area contributed by atoms with Crippen molar-refractivity contribution in [3.63, 3.8) is 0 Å². The first-order chi connectivity index (χ1) is 6.78. The second-order valence-corrected chi connectivity index (χ2v) is 6.67. The zero-order valence-corrected chi connectivity index (χ0v) is 12.1. The lowest BCUT2D eigenvalue weighted by Crippen LogP contribution is -2.24. The van der Waals surface area contributed by atoms with Crippen molar-refractivity contribution in [3.05, 3.63) is 0 Å². The average Bonchev–Trinajstić information content (AvgIpc) is 2.11. The van der Waals surface area contributed by atoms with Gasteiger partial charge < -0.3 is 0 Å². The summed E-state index contributed by atoms with van der Waals surface area (Å²) in [5, 5.41) is 0. The van der Waals surface area contributed by atoms with Crippen molar-refractivity contribution in [2.45, 2.75) is 74.1 Å². The monoisotopic (exact) mass is 212 g/mol. The minimum atomic E-state index is 0.564. The highest BCUT2D eigenvalue weighted by molar-refractivity contribution is 4.78. The number of hydrogen-bond donors (Lipinski definition) is 0. The molecule has 0 aromatic carbocycles. The lowest BCUT2D eigenvalue weighted by Gasteiger charge is -2.35. The van der Waals surface area contributed by atoms with E-state index in [-0.39, 0.29) is 0 Å². The van der Waals surface area contributed by atoms with E-state index in [1.807, 2.05) is 0 Å². The third-order valence-electron chi connectivity index (χ3n) is 3.98. The summed E-state index contributed by atoms with van der Waals surface area (Å²) in [5.74, 6) is 2.51. The van der Waals surface area contributed by atoms with E-state index in [0.717, 1.165) is 17.8 Å². The van der Waals surface area contributed by atoms with E-state index in [1.54, 1.807) is 0 Å². The predicted octanol–water partition coefficient (Wildman–Crippen LogP) is 5.52. The van der Waals surface area contributed by atoms with E-state index in [1.165, 1.54) is 25.7 Å². The minimum absolute atomic E-state index is 0.564. The van der Waals surface area contributed by atoms with Crippen LogP contribution in [0.15, 0.2) is 0 Å². The maximum atomic E-state index is 2.49. The molecule has 0 aliphatic heterocycles. The van der Waals surface area contributed by atoms with Crippen LogP contribution in [-0.2, 0) is 0 Å². The third-order valence-corrected chi connectivity index (χ3v) is 3.98. The Kier molecular flexibility index (Phi) is 6.55. The van der Waals surface area contributed by atoms with Crippen LogP contribution in [-0.4, -0.2) is 0 Å². The first-order valence-electron chi connectivity index (χ1n) is 6.78. The summed E-state index contributed by atoms with van der Waals surface area (Å²) in [4.78, 5) is 0. The zero-order valence-electron chi connectivity index (χ0n) is 12.1. The first-order valence-corrected chi connectivity index (χ1v) is 6.78. The molecule has 0 spiro atoms. The summed E-state index contributed by atoms with van der Waals surface area (Å²) in [6.45, 7) is 16.6. The summed E-state index contributed by atoms with van der Waals surface area (Å²) in [5.41, 5.74) is 0.564. The molecule has 0 fully saturated rings. The number of rotatable bonds is 7. The van der Waals surface area contributed by atoms with Gasteiger partial charge in [0.25, 0.3) is 0 Å². The molecule has 0 heteroatoms. The van der Waals surface area contributed by atoms with E-state index >= 15 is 0 Å². The molecule has 0 heterocycles. The van der Waals surface area contributed by atoms with Gasteiger partial charge in [-0.25, -0.2) is 0 Å². The largest absolute Gasteiger partial charge is 0.0628 e. The molecular formula is C15H32. The van der Waals surface area contributed by atoms with E-state index in [2.05, 4.69) is 48.5 Å². The van der Waals surface area contributed by atoms with Gasteiger partial charge in [0.05, 0.1) is 0 Å². The Bertz CT molecular complexity index is 141. The fourth-order valence-electron chi connectivity index (χ4n) is 1.94. The van der Waals surface area contributed by atoms with Crippen molar-refractivity contribution in [2.75, 3.05) is 0 Å². The van der Waals surface area contributed by atoms with Gasteiger partial charge in [0, 0.05) is 0 Å². The van der Waals surface area contributed by atoms with E-state index in [0.29, 0.717) is 5.41 Å². The Morgan fingerprint density at radius 3 is 1.27 bits per heavy atom. The molecule has 0 saturated heterocycles. The van der Waals surface area contributed by atoms with Crippen LogP contribution in [0.25, 0.3) is 0 Å². The van der Waals surface area contributed by atoms with Crippen molar-refractivity contribution in [1.29, 1.82) is 0 Å². The Morgan fingerprint density at radius 1 is 0.733 bits per heavy atom. The van der Waals surface area contributed by atoms with Gasteiger partial charge in [0.15, 0.2) is 0 Å². The lowest BCUT2D eigenvalue weighted by molar-refractivity contribution is 0.157. The fourth-order valence-corrected chi connectivity index (χ4v) is 1.94. The molecule has 15 heavy (non-hydrogen) atoms. The SMILES string of the molecule is CC(C)CCC(C)(CCC(C)C)C(C)C. The molecule has 0 rings (SSSR count). The molecule has 0 nitrogen and oxygen atoms in total. The smallest absolute Gasteiger partial charge is 0.0303 e. The summed E-state index contributed by atoms with van der Waals surface area (Å²) in [7, 11) is 0. The Balaban J connectivity index is 4.19. The second kappa shape index (κ2) is 6.55. The molecule has 0 bridgehead atoms. The van der Waals surface area contributed by atoms with Crippen LogP contribution in [0.4, 0.5) is 0 Å². The molecule has 0 atom stereocenters. The second-order valence-electron chi connectivity index (χ2n) is 6.67. The van der Waals surface area contributed by atoms with Gasteiger partial charge in [-0.1, -0.05) is 61.3 Å². The van der Waals surface area contributed by atoms with Gasteiger partial charge in [-0.2, -0.15) is 0 Å². The molecule has 0 aliphatic carbocycles. The lowest BCUT2D eigenvalue weighted by atomic mass is 9.70. The van der Waals surface area contributed by atoms with Crippen molar-refractivity contribution in [1.82, 2.24) is 0 Å². The predicted molar refractivity (Wildman–Crippen MR) is 71.1 cm³/mol.